The Hall–Kier alpha value is -4.76. The summed E-state index contributed by atoms with van der Waals surface area (Å²) < 4.78 is 32.9. The average Bonchev–Trinajstić information content (AvgIpc) is 3.48. The van der Waals surface area contributed by atoms with Crippen molar-refractivity contribution < 1.29 is 27.2 Å². The summed E-state index contributed by atoms with van der Waals surface area (Å²) >= 11 is 0. The number of benzene rings is 2. The monoisotopic (exact) mass is 639 g/mol. The zero-order valence-electron chi connectivity index (χ0n) is 25.0. The van der Waals surface area contributed by atoms with Crippen LogP contribution in [0.2, 0.25) is 0 Å². The zero-order valence-corrected chi connectivity index (χ0v) is 25.9. The summed E-state index contributed by atoms with van der Waals surface area (Å²) in [7, 11) is -3.94. The van der Waals surface area contributed by atoms with Crippen LogP contribution < -0.4 is 32.4 Å². The molecule has 2 atom stereocenters. The smallest absolute Gasteiger partial charge is 0.336 e. The van der Waals surface area contributed by atoms with E-state index in [2.05, 4.69) is 20.3 Å². The van der Waals surface area contributed by atoms with Gasteiger partial charge in [-0.1, -0.05) is 17.7 Å². The lowest BCUT2D eigenvalue weighted by molar-refractivity contribution is -0.138. The van der Waals surface area contributed by atoms with Gasteiger partial charge in [0.2, 0.25) is 27.7 Å². The number of hydrogen-bond acceptors (Lipinski definition) is 8. The van der Waals surface area contributed by atoms with Crippen LogP contribution in [0.4, 0.5) is 5.69 Å². The molecule has 4 rings (SSSR count). The van der Waals surface area contributed by atoms with Crippen molar-refractivity contribution in [1.82, 2.24) is 14.9 Å². The van der Waals surface area contributed by atoms with Gasteiger partial charge in [-0.15, -0.1) is 0 Å². The molecule has 0 spiro atoms. The van der Waals surface area contributed by atoms with Crippen LogP contribution >= 0.6 is 0 Å². The maximum absolute atomic E-state index is 13.4. The molecular formula is C30H37N7O7S. The molecule has 1 aliphatic heterocycles. The Kier molecular flexibility index (Phi) is 10.6. The second-order valence-corrected chi connectivity index (χ2v) is 12.6. The van der Waals surface area contributed by atoms with E-state index >= 15 is 0 Å². The van der Waals surface area contributed by atoms with Gasteiger partial charge in [0.1, 0.15) is 17.7 Å². The van der Waals surface area contributed by atoms with Gasteiger partial charge in [-0.05, 0) is 69.4 Å². The lowest BCUT2D eigenvalue weighted by Gasteiger charge is -2.26. The van der Waals surface area contributed by atoms with E-state index in [1.807, 2.05) is 6.92 Å². The topological polar surface area (TPSA) is 219 Å². The summed E-state index contributed by atoms with van der Waals surface area (Å²) in [5.41, 5.74) is 12.5. The van der Waals surface area contributed by atoms with Gasteiger partial charge in [0.25, 0.3) is 0 Å². The maximum atomic E-state index is 13.4. The molecule has 45 heavy (non-hydrogen) atoms. The van der Waals surface area contributed by atoms with Crippen LogP contribution in [0, 0.1) is 13.8 Å². The fourth-order valence-electron chi connectivity index (χ4n) is 5.07. The fourth-order valence-corrected chi connectivity index (χ4v) is 6.04. The first-order chi connectivity index (χ1) is 21.3. The highest BCUT2D eigenvalue weighted by molar-refractivity contribution is 7.89. The van der Waals surface area contributed by atoms with Crippen molar-refractivity contribution in [2.24, 2.45) is 16.5 Å². The second kappa shape index (κ2) is 14.3. The summed E-state index contributed by atoms with van der Waals surface area (Å²) in [4.78, 5) is 57.0. The highest BCUT2D eigenvalue weighted by Gasteiger charge is 2.36. The molecule has 3 amide bonds. The van der Waals surface area contributed by atoms with Crippen molar-refractivity contribution in [1.29, 1.82) is 0 Å². The van der Waals surface area contributed by atoms with E-state index in [9.17, 15) is 27.6 Å². The van der Waals surface area contributed by atoms with E-state index < -0.39 is 52.0 Å². The minimum Gasteiger partial charge on any atom is -0.423 e. The van der Waals surface area contributed by atoms with Crippen LogP contribution in [0.3, 0.4) is 0 Å². The van der Waals surface area contributed by atoms with Gasteiger partial charge in [0, 0.05) is 36.3 Å². The number of guanidine groups is 1. The van der Waals surface area contributed by atoms with E-state index in [4.69, 9.17) is 15.9 Å². The largest absolute Gasteiger partial charge is 0.423 e. The second-order valence-electron chi connectivity index (χ2n) is 10.8. The minimum atomic E-state index is -3.94. The third kappa shape index (κ3) is 8.67. The van der Waals surface area contributed by atoms with Gasteiger partial charge in [-0.2, -0.15) is 0 Å². The van der Waals surface area contributed by atoms with Crippen LogP contribution in [0.15, 0.2) is 67.6 Å². The molecule has 0 radical (unpaired) electrons. The number of likely N-dealkylation sites (tertiary alicyclic amines) is 1. The molecule has 2 heterocycles. The van der Waals surface area contributed by atoms with E-state index in [1.165, 1.54) is 29.2 Å². The van der Waals surface area contributed by atoms with Gasteiger partial charge in [-0.25, -0.2) is 17.9 Å². The molecule has 1 aliphatic rings. The number of anilines is 1. The SMILES string of the molecule is Cc1ccc(S(=O)(=O)NCC(=O)N2CCCC2C(=O)N[C@@H](CCCN=C(N)N)C(=O)Nc2ccc3c(C)cc(=O)oc3c2)cc1. The number of fused-ring (bicyclic) bond motifs is 1. The van der Waals surface area contributed by atoms with E-state index in [0.29, 0.717) is 35.9 Å². The summed E-state index contributed by atoms with van der Waals surface area (Å²) in [5, 5.41) is 6.20. The maximum Gasteiger partial charge on any atom is 0.336 e. The molecule has 0 aliphatic carbocycles. The van der Waals surface area contributed by atoms with Gasteiger partial charge < -0.3 is 31.4 Å². The predicted molar refractivity (Wildman–Crippen MR) is 169 cm³/mol. The quantitative estimate of drug-likeness (QED) is 0.0820. The highest BCUT2D eigenvalue weighted by atomic mass is 32.2. The molecule has 1 saturated heterocycles. The Bertz CT molecular complexity index is 1770. The van der Waals surface area contributed by atoms with Gasteiger partial charge in [-0.3, -0.25) is 19.4 Å². The first-order valence-electron chi connectivity index (χ1n) is 14.4. The average molecular weight is 640 g/mol. The van der Waals surface area contributed by atoms with Crippen molar-refractivity contribution >= 4 is 50.4 Å². The Morgan fingerprint density at radius 2 is 1.82 bits per heavy atom. The van der Waals surface area contributed by atoms with Crippen LogP contribution in [0.25, 0.3) is 11.0 Å². The van der Waals surface area contributed by atoms with E-state index in [1.54, 1.807) is 31.2 Å². The van der Waals surface area contributed by atoms with Crippen molar-refractivity contribution in [3.8, 4) is 0 Å². The first-order valence-corrected chi connectivity index (χ1v) is 15.9. The summed E-state index contributed by atoms with van der Waals surface area (Å²) in [5.74, 6) is -1.76. The van der Waals surface area contributed by atoms with Crippen LogP contribution in [0.1, 0.15) is 36.8 Å². The lowest BCUT2D eigenvalue weighted by Crippen LogP contribution is -2.53. The Morgan fingerprint density at radius 1 is 1.09 bits per heavy atom. The normalized spacial score (nSPS) is 15.4. The number of nitrogens with two attached hydrogens (primary N) is 2. The predicted octanol–water partition coefficient (Wildman–Crippen LogP) is 0.856. The van der Waals surface area contributed by atoms with E-state index in [0.717, 1.165) is 11.1 Å². The van der Waals surface area contributed by atoms with Gasteiger partial charge >= 0.3 is 5.63 Å². The first kappa shape index (κ1) is 33.1. The third-order valence-corrected chi connectivity index (χ3v) is 8.83. The van der Waals surface area contributed by atoms with Crippen molar-refractivity contribution in [3.63, 3.8) is 0 Å². The molecule has 2 aromatic carbocycles. The number of nitrogens with zero attached hydrogens (tertiary/aromatic N) is 2. The zero-order chi connectivity index (χ0) is 32.7. The molecule has 14 nitrogen and oxygen atoms in total. The number of aliphatic imine (C=N–C) groups is 1. The molecule has 0 saturated carbocycles. The number of carbonyl (C=O) groups excluding carboxylic acids is 3. The lowest BCUT2D eigenvalue weighted by atomic mass is 10.1. The Balaban J connectivity index is 1.44. The van der Waals surface area contributed by atoms with Crippen molar-refractivity contribution in [2.45, 2.75) is 56.5 Å². The van der Waals surface area contributed by atoms with Crippen LogP contribution in [-0.2, 0) is 24.4 Å². The number of rotatable bonds is 12. The minimum absolute atomic E-state index is 0.0230. The summed E-state index contributed by atoms with van der Waals surface area (Å²) in [6, 6.07) is 10.5. The number of amides is 3. The molecule has 15 heteroatoms. The van der Waals surface area contributed by atoms with Gasteiger partial charge in [0.05, 0.1) is 11.4 Å². The summed E-state index contributed by atoms with van der Waals surface area (Å²) in [6.45, 7) is 3.55. The molecular weight excluding hydrogens is 602 g/mol. The molecule has 0 bridgehead atoms. The fraction of sp³-hybridized carbons (Fsp3) is 0.367. The Labute approximate surface area is 260 Å². The number of carbonyl (C=O) groups is 3. The molecule has 1 aromatic heterocycles. The standard InChI is InChI=1S/C30H37N7O7S/c1-18-7-10-21(11-8-18)45(42,43)34-17-26(38)37-14-4-6-24(37)29(41)36-23(5-3-13-33-30(31)32)28(40)35-20-9-12-22-19(2)15-27(39)44-25(22)16-20/h7-12,15-16,23-24,34H,3-6,13-14,17H2,1-2H3,(H,35,40)(H,36,41)(H4,31,32,33)/t23-,24?/m0/s1. The van der Waals surface area contributed by atoms with Crippen LogP contribution in [-0.4, -0.2) is 68.7 Å². The van der Waals surface area contributed by atoms with Crippen molar-refractivity contribution in [2.75, 3.05) is 25.0 Å². The molecule has 7 N–H and O–H groups in total. The number of sulfonamides is 1. The molecule has 1 unspecified atom stereocenters. The highest BCUT2D eigenvalue weighted by Crippen LogP contribution is 2.22. The molecule has 1 fully saturated rings. The van der Waals surface area contributed by atoms with E-state index in [-0.39, 0.29) is 30.4 Å². The van der Waals surface area contributed by atoms with Crippen LogP contribution in [0.5, 0.6) is 0 Å². The molecule has 3 aromatic rings. The number of aryl methyl sites for hydroxylation is 2. The molecule has 240 valence electrons. The number of nitrogens with one attached hydrogen (secondary N) is 3. The summed E-state index contributed by atoms with van der Waals surface area (Å²) in [6.07, 6.45) is 1.40. The van der Waals surface area contributed by atoms with Crippen molar-refractivity contribution in [3.05, 3.63) is 70.1 Å². The number of hydrogen-bond donors (Lipinski definition) is 5. The van der Waals surface area contributed by atoms with Gasteiger partial charge in [0.15, 0.2) is 5.96 Å². The third-order valence-electron chi connectivity index (χ3n) is 7.42. The Morgan fingerprint density at radius 3 is 2.53 bits per heavy atom.